The van der Waals surface area contributed by atoms with Crippen molar-refractivity contribution >= 4 is 22.8 Å². The number of carbonyl (C=O) groups is 2. The minimum absolute atomic E-state index is 0.127. The Morgan fingerprint density at radius 1 is 1.44 bits per heavy atom. The standard InChI is InChI=1S/C11H10ClNO3/c12-9(14)8-7-4-2-1-3-6(7)5-11(8,13)10(15)16/h1-4,8H,5,13H2,(H,15,16). The van der Waals surface area contributed by atoms with Crippen molar-refractivity contribution in [2.45, 2.75) is 17.9 Å². The first-order chi connectivity index (χ1) is 7.47. The number of carbonyl (C=O) groups excluding carboxylic acids is 1. The third-order valence-electron chi connectivity index (χ3n) is 2.99. The molecular formula is C11H10ClNO3. The van der Waals surface area contributed by atoms with E-state index in [1.807, 2.05) is 0 Å². The maximum Gasteiger partial charge on any atom is 0.325 e. The highest BCUT2D eigenvalue weighted by Gasteiger charge is 2.52. The van der Waals surface area contributed by atoms with Gasteiger partial charge < -0.3 is 10.8 Å². The lowest BCUT2D eigenvalue weighted by Gasteiger charge is -2.24. The molecular weight excluding hydrogens is 230 g/mol. The molecule has 0 saturated carbocycles. The summed E-state index contributed by atoms with van der Waals surface area (Å²) in [5, 5.41) is 8.40. The van der Waals surface area contributed by atoms with E-state index in [0.29, 0.717) is 5.56 Å². The molecule has 1 aliphatic rings. The number of fused-ring (bicyclic) bond motifs is 1. The van der Waals surface area contributed by atoms with Gasteiger partial charge in [0, 0.05) is 6.42 Å². The van der Waals surface area contributed by atoms with Gasteiger partial charge in [-0.3, -0.25) is 9.59 Å². The monoisotopic (exact) mass is 239 g/mol. The van der Waals surface area contributed by atoms with Crippen molar-refractivity contribution in [3.05, 3.63) is 35.4 Å². The Kier molecular flexibility index (Phi) is 2.48. The highest BCUT2D eigenvalue weighted by atomic mass is 35.5. The normalized spacial score (nSPS) is 27.5. The zero-order valence-electron chi connectivity index (χ0n) is 8.31. The largest absolute Gasteiger partial charge is 0.480 e. The number of hydrogen-bond donors (Lipinski definition) is 2. The summed E-state index contributed by atoms with van der Waals surface area (Å²) in [7, 11) is 0. The van der Waals surface area contributed by atoms with Crippen LogP contribution in [0.2, 0.25) is 0 Å². The summed E-state index contributed by atoms with van der Waals surface area (Å²) >= 11 is 5.46. The van der Waals surface area contributed by atoms with Crippen LogP contribution in [0.1, 0.15) is 17.0 Å². The van der Waals surface area contributed by atoms with Gasteiger partial charge in [-0.2, -0.15) is 0 Å². The van der Waals surface area contributed by atoms with E-state index in [-0.39, 0.29) is 6.42 Å². The molecule has 0 aliphatic heterocycles. The number of carboxylic acids is 1. The van der Waals surface area contributed by atoms with E-state index >= 15 is 0 Å². The van der Waals surface area contributed by atoms with E-state index < -0.39 is 22.7 Å². The highest BCUT2D eigenvalue weighted by Crippen LogP contribution is 2.40. The van der Waals surface area contributed by atoms with Gasteiger partial charge >= 0.3 is 5.97 Å². The summed E-state index contributed by atoms with van der Waals surface area (Å²) in [5.41, 5.74) is 5.56. The Morgan fingerprint density at radius 2 is 2.06 bits per heavy atom. The summed E-state index contributed by atoms with van der Waals surface area (Å²) in [6, 6.07) is 6.97. The molecule has 1 aromatic rings. The molecule has 2 atom stereocenters. The first-order valence-corrected chi connectivity index (χ1v) is 5.14. The van der Waals surface area contributed by atoms with E-state index in [0.717, 1.165) is 5.56 Å². The Bertz CT molecular complexity index is 474. The zero-order chi connectivity index (χ0) is 11.9. The number of carboxylic acid groups (broad SMARTS) is 1. The molecule has 5 heteroatoms. The Hall–Kier alpha value is -1.39. The summed E-state index contributed by atoms with van der Waals surface area (Å²) in [6.45, 7) is 0. The molecule has 0 fully saturated rings. The number of nitrogens with two attached hydrogens (primary N) is 1. The van der Waals surface area contributed by atoms with E-state index in [9.17, 15) is 9.59 Å². The van der Waals surface area contributed by atoms with Crippen LogP contribution in [0.4, 0.5) is 0 Å². The van der Waals surface area contributed by atoms with Crippen LogP contribution in [-0.2, 0) is 16.0 Å². The van der Waals surface area contributed by atoms with Gasteiger partial charge in [-0.15, -0.1) is 0 Å². The molecule has 0 bridgehead atoms. The Labute approximate surface area is 97.0 Å². The van der Waals surface area contributed by atoms with Crippen molar-refractivity contribution < 1.29 is 14.7 Å². The fraction of sp³-hybridized carbons (Fsp3) is 0.273. The third-order valence-corrected chi connectivity index (χ3v) is 3.21. The SMILES string of the molecule is NC1(C(=O)O)Cc2ccccc2C1C(=O)Cl. The predicted molar refractivity (Wildman–Crippen MR) is 58.3 cm³/mol. The molecule has 0 spiro atoms. The van der Waals surface area contributed by atoms with Gasteiger partial charge in [0.05, 0.1) is 5.92 Å². The lowest BCUT2D eigenvalue weighted by atomic mass is 9.86. The second-order valence-electron chi connectivity index (χ2n) is 3.96. The summed E-state index contributed by atoms with van der Waals surface area (Å²) in [5.74, 6) is -2.18. The van der Waals surface area contributed by atoms with Gasteiger partial charge in [-0.1, -0.05) is 24.3 Å². The molecule has 0 radical (unpaired) electrons. The minimum Gasteiger partial charge on any atom is -0.480 e. The third kappa shape index (κ3) is 1.42. The van der Waals surface area contributed by atoms with Crippen molar-refractivity contribution in [1.29, 1.82) is 0 Å². The fourth-order valence-corrected chi connectivity index (χ4v) is 2.51. The van der Waals surface area contributed by atoms with Gasteiger partial charge in [-0.25, -0.2) is 0 Å². The number of hydrogen-bond acceptors (Lipinski definition) is 3. The maximum atomic E-state index is 11.4. The quantitative estimate of drug-likeness (QED) is 0.751. The summed E-state index contributed by atoms with van der Waals surface area (Å²) < 4.78 is 0. The van der Waals surface area contributed by atoms with Crippen molar-refractivity contribution in [1.82, 2.24) is 0 Å². The second-order valence-corrected chi connectivity index (χ2v) is 4.33. The van der Waals surface area contributed by atoms with E-state index in [2.05, 4.69) is 0 Å². The molecule has 84 valence electrons. The average molecular weight is 240 g/mol. The molecule has 3 N–H and O–H groups in total. The lowest BCUT2D eigenvalue weighted by molar-refractivity contribution is -0.145. The van der Waals surface area contributed by atoms with Crippen molar-refractivity contribution in [3.63, 3.8) is 0 Å². The van der Waals surface area contributed by atoms with Crippen LogP contribution >= 0.6 is 11.6 Å². The van der Waals surface area contributed by atoms with Crippen molar-refractivity contribution in [2.75, 3.05) is 0 Å². The average Bonchev–Trinajstić information content (AvgIpc) is 2.51. The lowest BCUT2D eigenvalue weighted by Crippen LogP contribution is -2.53. The fourth-order valence-electron chi connectivity index (χ4n) is 2.20. The van der Waals surface area contributed by atoms with Gasteiger partial charge in [-0.05, 0) is 22.7 Å². The van der Waals surface area contributed by atoms with Crippen molar-refractivity contribution in [3.8, 4) is 0 Å². The highest BCUT2D eigenvalue weighted by molar-refractivity contribution is 6.65. The Morgan fingerprint density at radius 3 is 2.62 bits per heavy atom. The topological polar surface area (TPSA) is 80.4 Å². The molecule has 0 saturated heterocycles. The summed E-state index contributed by atoms with van der Waals surface area (Å²) in [4.78, 5) is 22.5. The van der Waals surface area contributed by atoms with Crippen LogP contribution < -0.4 is 5.73 Å². The van der Waals surface area contributed by atoms with Crippen LogP contribution in [0.5, 0.6) is 0 Å². The van der Waals surface area contributed by atoms with Gasteiger partial charge in [0.25, 0.3) is 0 Å². The number of halogens is 1. The smallest absolute Gasteiger partial charge is 0.325 e. The second kappa shape index (κ2) is 3.57. The van der Waals surface area contributed by atoms with E-state index in [4.69, 9.17) is 22.4 Å². The van der Waals surface area contributed by atoms with Gasteiger partial charge in [0.1, 0.15) is 5.54 Å². The number of rotatable bonds is 2. The molecule has 2 rings (SSSR count). The van der Waals surface area contributed by atoms with Crippen LogP contribution in [0, 0.1) is 0 Å². The van der Waals surface area contributed by atoms with Gasteiger partial charge in [0.15, 0.2) is 0 Å². The van der Waals surface area contributed by atoms with Crippen LogP contribution in [0.25, 0.3) is 0 Å². The molecule has 0 aromatic heterocycles. The van der Waals surface area contributed by atoms with Crippen LogP contribution in [0.15, 0.2) is 24.3 Å². The predicted octanol–water partition coefficient (Wildman–Crippen LogP) is 0.874. The number of aliphatic carboxylic acids is 1. The number of benzene rings is 1. The van der Waals surface area contributed by atoms with Crippen molar-refractivity contribution in [2.24, 2.45) is 5.73 Å². The molecule has 1 aromatic carbocycles. The molecule has 1 aliphatic carbocycles. The van der Waals surface area contributed by atoms with Crippen LogP contribution in [-0.4, -0.2) is 21.9 Å². The minimum atomic E-state index is -1.62. The maximum absolute atomic E-state index is 11.4. The molecule has 4 nitrogen and oxygen atoms in total. The van der Waals surface area contributed by atoms with E-state index in [1.165, 1.54) is 0 Å². The van der Waals surface area contributed by atoms with Gasteiger partial charge in [0.2, 0.25) is 5.24 Å². The molecule has 0 heterocycles. The Balaban J connectivity index is 2.58. The first-order valence-electron chi connectivity index (χ1n) is 4.76. The van der Waals surface area contributed by atoms with E-state index in [1.54, 1.807) is 24.3 Å². The molecule has 16 heavy (non-hydrogen) atoms. The summed E-state index contributed by atoms with van der Waals surface area (Å²) in [6.07, 6.45) is 0.127. The molecule has 0 amide bonds. The first kappa shape index (κ1) is 11.1. The zero-order valence-corrected chi connectivity index (χ0v) is 9.07. The molecule has 2 unspecified atom stereocenters. The van der Waals surface area contributed by atoms with Crippen LogP contribution in [0.3, 0.4) is 0 Å².